The van der Waals surface area contributed by atoms with E-state index in [9.17, 15) is 14.4 Å². The maximum Gasteiger partial charge on any atom is 0.337 e. The number of carbonyl (C=O) groups excluding carboxylic acids is 3. The van der Waals surface area contributed by atoms with Crippen molar-refractivity contribution in [2.75, 3.05) is 7.11 Å². The predicted molar refractivity (Wildman–Crippen MR) is 117 cm³/mol. The summed E-state index contributed by atoms with van der Waals surface area (Å²) < 4.78 is 10.8. The number of thiophene rings is 1. The Balaban J connectivity index is 1.73. The molecular weight excluding hydrogens is 414 g/mol. The number of dihydropyridines is 1. The molecule has 1 aromatic heterocycles. The standard InChI is InChI=1S/C24H29NO5S/c1-13-12-16-20(22(26)18(13)23(27)29-3)21(17-10-7-11-31-17)19(14(2)25-16)24(28)30-15-8-5-4-6-9-15/h7,10-11,13,15,18,21,25H,4-6,8-9,12H2,1-3H3/t13-,18-,21-/m0/s1. The maximum atomic E-state index is 13.6. The number of allylic oxidation sites excluding steroid dienone is 3. The Morgan fingerprint density at radius 3 is 2.58 bits per heavy atom. The first-order chi connectivity index (χ1) is 14.9. The summed E-state index contributed by atoms with van der Waals surface area (Å²) in [5.41, 5.74) is 2.48. The van der Waals surface area contributed by atoms with Crippen LogP contribution in [0.1, 0.15) is 63.2 Å². The van der Waals surface area contributed by atoms with Crippen LogP contribution in [-0.2, 0) is 23.9 Å². The van der Waals surface area contributed by atoms with Gasteiger partial charge in [-0.3, -0.25) is 9.59 Å². The molecular formula is C24H29NO5S. The topological polar surface area (TPSA) is 81.7 Å². The monoisotopic (exact) mass is 443 g/mol. The van der Waals surface area contributed by atoms with Crippen LogP contribution in [0.5, 0.6) is 0 Å². The van der Waals surface area contributed by atoms with E-state index in [-0.39, 0.29) is 23.8 Å². The molecule has 166 valence electrons. The second-order valence-electron chi connectivity index (χ2n) is 8.72. The van der Waals surface area contributed by atoms with Crippen LogP contribution in [0.25, 0.3) is 0 Å². The van der Waals surface area contributed by atoms with Gasteiger partial charge in [-0.05, 0) is 56.4 Å². The van der Waals surface area contributed by atoms with E-state index in [1.54, 1.807) is 0 Å². The van der Waals surface area contributed by atoms with Crippen LogP contribution in [0.2, 0.25) is 0 Å². The number of carbonyl (C=O) groups is 3. The van der Waals surface area contributed by atoms with Gasteiger partial charge in [-0.25, -0.2) is 4.79 Å². The number of nitrogens with one attached hydrogen (secondary N) is 1. The van der Waals surface area contributed by atoms with Gasteiger partial charge in [0.25, 0.3) is 0 Å². The third-order valence-corrected chi connectivity index (χ3v) is 7.55. The molecule has 31 heavy (non-hydrogen) atoms. The molecule has 0 saturated heterocycles. The zero-order valence-electron chi connectivity index (χ0n) is 18.2. The lowest BCUT2D eigenvalue weighted by Gasteiger charge is -2.38. The van der Waals surface area contributed by atoms with Crippen LogP contribution in [0.4, 0.5) is 0 Å². The van der Waals surface area contributed by atoms with Crippen LogP contribution in [0, 0.1) is 11.8 Å². The Morgan fingerprint density at radius 1 is 1.19 bits per heavy atom. The Morgan fingerprint density at radius 2 is 1.94 bits per heavy atom. The summed E-state index contributed by atoms with van der Waals surface area (Å²) in [6.45, 7) is 3.75. The fourth-order valence-corrected chi connectivity index (χ4v) is 5.93. The summed E-state index contributed by atoms with van der Waals surface area (Å²) in [7, 11) is 1.30. The van der Waals surface area contributed by atoms with Gasteiger partial charge in [-0.2, -0.15) is 0 Å². The summed E-state index contributed by atoms with van der Waals surface area (Å²) in [5.74, 6) is -2.73. The highest BCUT2D eigenvalue weighted by molar-refractivity contribution is 7.10. The molecule has 0 spiro atoms. The highest BCUT2D eigenvalue weighted by atomic mass is 32.1. The number of hydrogen-bond acceptors (Lipinski definition) is 7. The summed E-state index contributed by atoms with van der Waals surface area (Å²) in [6, 6.07) is 3.85. The van der Waals surface area contributed by atoms with Gasteiger partial charge in [-0.1, -0.05) is 19.4 Å². The quantitative estimate of drug-likeness (QED) is 0.554. The van der Waals surface area contributed by atoms with Gasteiger partial charge < -0.3 is 14.8 Å². The van der Waals surface area contributed by atoms with Crippen LogP contribution in [0.15, 0.2) is 40.1 Å². The number of rotatable bonds is 4. The minimum Gasteiger partial charge on any atom is -0.468 e. The average molecular weight is 444 g/mol. The fraction of sp³-hybridized carbons (Fsp3) is 0.542. The van der Waals surface area contributed by atoms with Crippen molar-refractivity contribution >= 4 is 29.1 Å². The summed E-state index contributed by atoms with van der Waals surface area (Å²) in [4.78, 5) is 40.2. The molecule has 3 aliphatic rings. The molecule has 0 aromatic carbocycles. The molecule has 7 heteroatoms. The highest BCUT2D eigenvalue weighted by Crippen LogP contribution is 2.46. The lowest BCUT2D eigenvalue weighted by Crippen LogP contribution is -2.43. The first kappa shape index (κ1) is 21.8. The summed E-state index contributed by atoms with van der Waals surface area (Å²) in [5, 5.41) is 5.24. The Bertz CT molecular complexity index is 939. The van der Waals surface area contributed by atoms with E-state index >= 15 is 0 Å². The van der Waals surface area contributed by atoms with Gasteiger partial charge in [0.2, 0.25) is 0 Å². The van der Waals surface area contributed by atoms with Crippen LogP contribution >= 0.6 is 11.3 Å². The zero-order chi connectivity index (χ0) is 22.1. The second-order valence-corrected chi connectivity index (χ2v) is 9.70. The lowest BCUT2D eigenvalue weighted by molar-refractivity contribution is -0.151. The third-order valence-electron chi connectivity index (χ3n) is 6.62. The van der Waals surface area contributed by atoms with Gasteiger partial charge in [0.1, 0.15) is 12.0 Å². The van der Waals surface area contributed by atoms with Crippen LogP contribution in [0.3, 0.4) is 0 Å². The van der Waals surface area contributed by atoms with Crippen molar-refractivity contribution in [2.45, 2.75) is 64.4 Å². The SMILES string of the molecule is COC(=O)[C@@H]1C(=O)C2=C(C[C@@H]1C)NC(C)=C(C(=O)OC1CCCCC1)[C@@H]2c1cccs1. The van der Waals surface area contributed by atoms with E-state index in [4.69, 9.17) is 9.47 Å². The largest absolute Gasteiger partial charge is 0.468 e. The number of hydrogen-bond donors (Lipinski definition) is 1. The van der Waals surface area contributed by atoms with Gasteiger partial charge in [-0.15, -0.1) is 11.3 Å². The maximum absolute atomic E-state index is 13.6. The summed E-state index contributed by atoms with van der Waals surface area (Å²) in [6.07, 6.45) is 5.53. The Labute approximate surface area is 186 Å². The van der Waals surface area contributed by atoms with Crippen LogP contribution in [-0.4, -0.2) is 30.9 Å². The van der Waals surface area contributed by atoms with Gasteiger partial charge in [0.15, 0.2) is 5.78 Å². The van der Waals surface area contributed by atoms with E-state index in [0.717, 1.165) is 42.0 Å². The Hall–Kier alpha value is -2.41. The van der Waals surface area contributed by atoms with Crippen molar-refractivity contribution in [3.8, 4) is 0 Å². The first-order valence-electron chi connectivity index (χ1n) is 11.0. The first-order valence-corrected chi connectivity index (χ1v) is 11.9. The highest BCUT2D eigenvalue weighted by Gasteiger charge is 2.47. The number of ether oxygens (including phenoxy) is 2. The molecule has 1 fully saturated rings. The molecule has 4 rings (SSSR count). The molecule has 0 amide bonds. The minimum absolute atomic E-state index is 0.0780. The predicted octanol–water partition coefficient (Wildman–Crippen LogP) is 4.24. The van der Waals surface area contributed by atoms with Crippen LogP contribution < -0.4 is 5.32 Å². The number of ketones is 1. The fourth-order valence-electron chi connectivity index (χ4n) is 5.09. The van der Waals surface area contributed by atoms with E-state index in [0.29, 0.717) is 17.6 Å². The van der Waals surface area contributed by atoms with Gasteiger partial charge in [0.05, 0.1) is 18.6 Å². The molecule has 0 bridgehead atoms. The second kappa shape index (κ2) is 8.99. The van der Waals surface area contributed by atoms with Crippen molar-refractivity contribution < 1.29 is 23.9 Å². The zero-order valence-corrected chi connectivity index (χ0v) is 19.1. The molecule has 0 radical (unpaired) electrons. The average Bonchev–Trinajstić information content (AvgIpc) is 3.27. The lowest BCUT2D eigenvalue weighted by atomic mass is 9.70. The van der Waals surface area contributed by atoms with Gasteiger partial charge in [0, 0.05) is 21.8 Å². The molecule has 6 nitrogen and oxygen atoms in total. The molecule has 2 heterocycles. The molecule has 1 saturated carbocycles. The van der Waals surface area contributed by atoms with Crippen molar-refractivity contribution in [3.63, 3.8) is 0 Å². The summed E-state index contributed by atoms with van der Waals surface area (Å²) >= 11 is 1.50. The van der Waals surface area contributed by atoms with Crippen molar-refractivity contribution in [1.29, 1.82) is 0 Å². The normalized spacial score (nSPS) is 26.9. The smallest absolute Gasteiger partial charge is 0.337 e. The van der Waals surface area contributed by atoms with E-state index in [1.165, 1.54) is 24.9 Å². The molecule has 1 N–H and O–H groups in total. The van der Waals surface area contributed by atoms with Crippen molar-refractivity contribution in [2.24, 2.45) is 11.8 Å². The van der Waals surface area contributed by atoms with Crippen molar-refractivity contribution in [1.82, 2.24) is 5.32 Å². The molecule has 3 atom stereocenters. The molecule has 1 aromatic rings. The third kappa shape index (κ3) is 4.07. The van der Waals surface area contributed by atoms with E-state index < -0.39 is 17.8 Å². The minimum atomic E-state index is -0.859. The number of methoxy groups -OCH3 is 1. The van der Waals surface area contributed by atoms with E-state index in [1.807, 2.05) is 31.4 Å². The molecule has 0 unspecified atom stereocenters. The molecule has 1 aliphatic heterocycles. The van der Waals surface area contributed by atoms with E-state index in [2.05, 4.69) is 5.32 Å². The Kier molecular flexibility index (Phi) is 6.32. The number of esters is 2. The number of Topliss-reactive ketones (excluding diaryl/α,β-unsaturated/α-hetero) is 1. The van der Waals surface area contributed by atoms with Crippen molar-refractivity contribution in [3.05, 3.63) is 44.9 Å². The molecule has 2 aliphatic carbocycles. The van der Waals surface area contributed by atoms with Gasteiger partial charge >= 0.3 is 11.9 Å².